The second kappa shape index (κ2) is 7.99. The fourth-order valence-electron chi connectivity index (χ4n) is 2.98. The third-order valence-corrected chi connectivity index (χ3v) is 4.26. The minimum atomic E-state index is -0.656. The Bertz CT molecular complexity index is 920. The molecule has 8 heteroatoms. The molecule has 1 amide bonds. The highest BCUT2D eigenvalue weighted by molar-refractivity contribution is 5.96. The average molecular weight is 385 g/mol. The Hall–Kier alpha value is -3.55. The number of hydrogen-bond donors (Lipinski definition) is 4. The van der Waals surface area contributed by atoms with Crippen molar-refractivity contribution >= 4 is 17.3 Å². The van der Waals surface area contributed by atoms with E-state index in [0.29, 0.717) is 16.9 Å². The largest absolute Gasteiger partial charge is 0.399 e. The van der Waals surface area contributed by atoms with Crippen LogP contribution in [0.5, 0.6) is 0 Å². The van der Waals surface area contributed by atoms with Crippen LogP contribution in [-0.4, -0.2) is 24.0 Å². The molecule has 146 valence electrons. The summed E-state index contributed by atoms with van der Waals surface area (Å²) in [5.74, 6) is -1.92. The van der Waals surface area contributed by atoms with Crippen molar-refractivity contribution < 1.29 is 13.6 Å². The zero-order chi connectivity index (χ0) is 20.3. The lowest BCUT2D eigenvalue weighted by Gasteiger charge is -2.30. The van der Waals surface area contributed by atoms with Gasteiger partial charge in [0.2, 0.25) is 0 Å². The van der Waals surface area contributed by atoms with Gasteiger partial charge in [0, 0.05) is 37.2 Å². The Kier molecular flexibility index (Phi) is 5.49. The number of rotatable bonds is 6. The van der Waals surface area contributed by atoms with Crippen molar-refractivity contribution in [2.24, 2.45) is 5.73 Å². The number of nitrogens with two attached hydrogens (primary N) is 2. The van der Waals surface area contributed by atoms with Gasteiger partial charge in [-0.3, -0.25) is 4.79 Å². The predicted molar refractivity (Wildman–Crippen MR) is 105 cm³/mol. The first-order chi connectivity index (χ1) is 13.3. The number of dihydropyridines is 1. The molecular formula is C20H21F2N5O. The summed E-state index contributed by atoms with van der Waals surface area (Å²) in [5, 5.41) is 6.30. The summed E-state index contributed by atoms with van der Waals surface area (Å²) < 4.78 is 26.9. The number of benzene rings is 2. The SMILES string of the molecule is CN(Cc1cc(F)cc(F)c1)C1=CC(Nc2ccc(N)cc2)NC=C1C(N)=O. The van der Waals surface area contributed by atoms with Crippen LogP contribution in [0.25, 0.3) is 0 Å². The number of nitrogen functional groups attached to an aromatic ring is 1. The van der Waals surface area contributed by atoms with Gasteiger partial charge in [0.1, 0.15) is 17.8 Å². The molecule has 1 atom stereocenters. The predicted octanol–water partition coefficient (Wildman–Crippen LogP) is 2.27. The number of likely N-dealkylation sites (N-methyl/N-ethyl adjacent to an activating group) is 1. The Balaban J connectivity index is 1.82. The van der Waals surface area contributed by atoms with Crippen LogP contribution in [0.1, 0.15) is 5.56 Å². The summed E-state index contributed by atoms with van der Waals surface area (Å²) in [5.41, 5.74) is 13.9. The van der Waals surface area contributed by atoms with Gasteiger partial charge in [-0.1, -0.05) is 0 Å². The number of nitrogens with zero attached hydrogens (tertiary/aromatic N) is 1. The van der Waals surface area contributed by atoms with Gasteiger partial charge in [0.15, 0.2) is 0 Å². The van der Waals surface area contributed by atoms with E-state index >= 15 is 0 Å². The highest BCUT2D eigenvalue weighted by Crippen LogP contribution is 2.22. The van der Waals surface area contributed by atoms with E-state index in [0.717, 1.165) is 11.8 Å². The second-order valence-corrected chi connectivity index (χ2v) is 6.52. The van der Waals surface area contributed by atoms with Crippen molar-refractivity contribution in [2.45, 2.75) is 12.7 Å². The fourth-order valence-corrected chi connectivity index (χ4v) is 2.98. The van der Waals surface area contributed by atoms with Crippen LogP contribution in [-0.2, 0) is 11.3 Å². The van der Waals surface area contributed by atoms with E-state index in [4.69, 9.17) is 11.5 Å². The van der Waals surface area contributed by atoms with Crippen molar-refractivity contribution in [2.75, 3.05) is 18.1 Å². The fraction of sp³-hybridized carbons (Fsp3) is 0.150. The van der Waals surface area contributed by atoms with Gasteiger partial charge < -0.3 is 27.0 Å². The van der Waals surface area contributed by atoms with E-state index in [1.807, 2.05) is 12.1 Å². The van der Waals surface area contributed by atoms with Crippen LogP contribution in [0.2, 0.25) is 0 Å². The van der Waals surface area contributed by atoms with Crippen LogP contribution in [0, 0.1) is 11.6 Å². The number of amides is 1. The van der Waals surface area contributed by atoms with Gasteiger partial charge in [-0.2, -0.15) is 0 Å². The molecule has 6 N–H and O–H groups in total. The zero-order valence-electron chi connectivity index (χ0n) is 15.2. The summed E-state index contributed by atoms with van der Waals surface area (Å²) in [6.07, 6.45) is 2.98. The van der Waals surface area contributed by atoms with Crippen molar-refractivity contribution in [3.05, 3.63) is 83.2 Å². The first-order valence-electron chi connectivity index (χ1n) is 8.58. The summed E-state index contributed by atoms with van der Waals surface area (Å²) >= 11 is 0. The number of nitrogens with one attached hydrogen (secondary N) is 2. The van der Waals surface area contributed by atoms with E-state index in [1.54, 1.807) is 30.2 Å². The summed E-state index contributed by atoms with van der Waals surface area (Å²) in [6, 6.07) is 10.5. The molecule has 1 unspecified atom stereocenters. The van der Waals surface area contributed by atoms with Gasteiger partial charge in [0.25, 0.3) is 5.91 Å². The monoisotopic (exact) mass is 385 g/mol. The third-order valence-electron chi connectivity index (χ3n) is 4.26. The van der Waals surface area contributed by atoms with E-state index in [-0.39, 0.29) is 18.3 Å². The average Bonchev–Trinajstić information content (AvgIpc) is 2.62. The first kappa shape index (κ1) is 19.2. The lowest BCUT2D eigenvalue weighted by molar-refractivity contribution is -0.114. The Labute approximate surface area is 161 Å². The van der Waals surface area contributed by atoms with Gasteiger partial charge in [-0.15, -0.1) is 0 Å². The molecule has 0 saturated heterocycles. The number of halogens is 2. The minimum absolute atomic E-state index is 0.194. The molecule has 0 fully saturated rings. The molecule has 0 radical (unpaired) electrons. The number of primary amides is 1. The van der Waals surface area contributed by atoms with Gasteiger partial charge >= 0.3 is 0 Å². The third kappa shape index (κ3) is 4.59. The van der Waals surface area contributed by atoms with Crippen molar-refractivity contribution in [3.8, 4) is 0 Å². The lowest BCUT2D eigenvalue weighted by Crippen LogP contribution is -2.38. The number of carbonyl (C=O) groups is 1. The van der Waals surface area contributed by atoms with E-state index in [2.05, 4.69) is 10.6 Å². The topological polar surface area (TPSA) is 96.4 Å². The highest BCUT2D eigenvalue weighted by Gasteiger charge is 2.22. The normalized spacial score (nSPS) is 15.9. The molecule has 3 rings (SSSR count). The molecule has 1 aliphatic heterocycles. The lowest BCUT2D eigenvalue weighted by atomic mass is 10.1. The molecule has 0 aromatic heterocycles. The van der Waals surface area contributed by atoms with Crippen LogP contribution in [0.15, 0.2) is 66.0 Å². The molecule has 1 aliphatic rings. The Morgan fingerprint density at radius 3 is 2.43 bits per heavy atom. The van der Waals surface area contributed by atoms with Gasteiger partial charge in [-0.05, 0) is 48.0 Å². The molecule has 0 spiro atoms. The first-order valence-corrected chi connectivity index (χ1v) is 8.58. The van der Waals surface area contributed by atoms with E-state index in [9.17, 15) is 13.6 Å². The summed E-state index contributed by atoms with van der Waals surface area (Å²) in [7, 11) is 1.72. The maximum absolute atomic E-state index is 13.5. The maximum atomic E-state index is 13.5. The zero-order valence-corrected chi connectivity index (χ0v) is 15.2. The standard InChI is InChI=1S/C20H21F2N5O/c1-27(11-12-6-13(21)8-14(22)7-12)18-9-19(25-10-17(18)20(24)28)26-16-4-2-15(23)3-5-16/h2-10,19,25-26H,11,23H2,1H3,(H2,24,28). The number of hydrogen-bond acceptors (Lipinski definition) is 5. The molecule has 28 heavy (non-hydrogen) atoms. The number of anilines is 2. The highest BCUT2D eigenvalue weighted by atomic mass is 19.1. The van der Waals surface area contributed by atoms with Crippen LogP contribution in [0.4, 0.5) is 20.2 Å². The second-order valence-electron chi connectivity index (χ2n) is 6.52. The maximum Gasteiger partial charge on any atom is 0.252 e. The molecule has 6 nitrogen and oxygen atoms in total. The molecule has 1 heterocycles. The summed E-state index contributed by atoms with van der Waals surface area (Å²) in [6.45, 7) is 0.194. The van der Waals surface area contributed by atoms with Crippen LogP contribution < -0.4 is 22.1 Å². The van der Waals surface area contributed by atoms with Gasteiger partial charge in [-0.25, -0.2) is 8.78 Å². The quantitative estimate of drug-likeness (QED) is 0.572. The van der Waals surface area contributed by atoms with E-state index < -0.39 is 17.5 Å². The molecule has 0 aliphatic carbocycles. The number of carbonyl (C=O) groups excluding carboxylic acids is 1. The van der Waals surface area contributed by atoms with Crippen molar-refractivity contribution in [3.63, 3.8) is 0 Å². The van der Waals surface area contributed by atoms with Crippen LogP contribution >= 0.6 is 0 Å². The molecular weight excluding hydrogens is 364 g/mol. The molecule has 2 aromatic rings. The Morgan fingerprint density at radius 1 is 1.18 bits per heavy atom. The minimum Gasteiger partial charge on any atom is -0.399 e. The van der Waals surface area contributed by atoms with E-state index in [1.165, 1.54) is 18.3 Å². The molecule has 0 bridgehead atoms. The molecule has 0 saturated carbocycles. The van der Waals surface area contributed by atoms with Crippen molar-refractivity contribution in [1.29, 1.82) is 0 Å². The van der Waals surface area contributed by atoms with Gasteiger partial charge in [0.05, 0.1) is 11.3 Å². The smallest absolute Gasteiger partial charge is 0.252 e. The summed E-state index contributed by atoms with van der Waals surface area (Å²) in [4.78, 5) is 13.5. The van der Waals surface area contributed by atoms with Crippen LogP contribution in [0.3, 0.4) is 0 Å². The Morgan fingerprint density at radius 2 is 1.82 bits per heavy atom. The van der Waals surface area contributed by atoms with Crippen molar-refractivity contribution in [1.82, 2.24) is 10.2 Å². The molecule has 2 aromatic carbocycles.